The number of hydrogen-bond acceptors (Lipinski definition) is 5. The Hall–Kier alpha value is -1.90. The van der Waals surface area contributed by atoms with Crippen molar-refractivity contribution in [3.8, 4) is 0 Å². The van der Waals surface area contributed by atoms with Crippen molar-refractivity contribution in [1.29, 1.82) is 0 Å². The third-order valence-electron chi connectivity index (χ3n) is 4.23. The van der Waals surface area contributed by atoms with E-state index in [0.717, 1.165) is 35.6 Å². The van der Waals surface area contributed by atoms with Crippen molar-refractivity contribution in [2.75, 3.05) is 18.9 Å². The molecule has 0 aromatic carbocycles. The number of aromatic nitrogens is 2. The quantitative estimate of drug-likeness (QED) is 0.844. The first-order chi connectivity index (χ1) is 11.4. The van der Waals surface area contributed by atoms with Crippen molar-refractivity contribution in [2.45, 2.75) is 33.4 Å². The van der Waals surface area contributed by atoms with E-state index in [9.17, 15) is 9.59 Å². The molecule has 0 saturated heterocycles. The number of anilines is 1. The smallest absolute Gasteiger partial charge is 0.276 e. The van der Waals surface area contributed by atoms with E-state index >= 15 is 0 Å². The van der Waals surface area contributed by atoms with Crippen molar-refractivity contribution >= 4 is 40.6 Å². The molecular weight excluding hydrogens is 362 g/mol. The minimum Gasteiger partial charge on any atom is -0.365 e. The Morgan fingerprint density at radius 1 is 1.44 bits per heavy atom. The summed E-state index contributed by atoms with van der Waals surface area (Å²) in [6.45, 7) is 6.21. The number of aryl methyl sites for hydroxylation is 2. The lowest BCUT2D eigenvalue weighted by Crippen LogP contribution is -2.27. The number of nitrogens with zero attached hydrogens (tertiary/aromatic N) is 3. The normalized spacial score (nSPS) is 13.9. The van der Waals surface area contributed by atoms with Gasteiger partial charge in [-0.1, -0.05) is 0 Å². The van der Waals surface area contributed by atoms with Gasteiger partial charge in [0.05, 0.1) is 5.56 Å². The minimum absolute atomic E-state index is 0. The fourth-order valence-electron chi connectivity index (χ4n) is 2.99. The maximum atomic E-state index is 12.5. The number of fused-ring (bicyclic) bond motifs is 1. The van der Waals surface area contributed by atoms with Crippen LogP contribution in [0.3, 0.4) is 0 Å². The number of amides is 2. The van der Waals surface area contributed by atoms with Gasteiger partial charge in [0.15, 0.2) is 5.69 Å². The molecule has 1 aliphatic rings. The number of carbonyl (C=O) groups excluding carboxylic acids is 2. The first-order valence-corrected chi connectivity index (χ1v) is 8.71. The van der Waals surface area contributed by atoms with Crippen LogP contribution in [0.5, 0.6) is 0 Å². The molecule has 2 aromatic rings. The van der Waals surface area contributed by atoms with E-state index in [1.165, 1.54) is 11.3 Å². The molecule has 136 valence electrons. The standard InChI is InChI=1S/C16H21N5O2S.ClH/c1-4-21-9(2)7-11(19-21)15(23)18-16-13(14(17)22)10-5-6-20(3)8-12(10)24-16;/h7H,4-6,8H2,1-3H3,(H2,17,22)(H,18,23);1H. The molecule has 2 aromatic heterocycles. The van der Waals surface area contributed by atoms with Gasteiger partial charge < -0.3 is 16.0 Å². The lowest BCUT2D eigenvalue weighted by Gasteiger charge is -2.22. The zero-order valence-electron chi connectivity index (χ0n) is 14.5. The second-order valence-electron chi connectivity index (χ2n) is 6.00. The zero-order valence-corrected chi connectivity index (χ0v) is 16.1. The van der Waals surface area contributed by atoms with E-state index in [4.69, 9.17) is 5.73 Å². The Bertz CT molecular complexity index is 814. The van der Waals surface area contributed by atoms with Gasteiger partial charge in [0, 0.05) is 30.2 Å². The molecule has 25 heavy (non-hydrogen) atoms. The Labute approximate surface area is 156 Å². The number of halogens is 1. The number of hydrogen-bond donors (Lipinski definition) is 2. The highest BCUT2D eigenvalue weighted by molar-refractivity contribution is 7.17. The van der Waals surface area contributed by atoms with Crippen LogP contribution in [-0.2, 0) is 19.5 Å². The summed E-state index contributed by atoms with van der Waals surface area (Å²) >= 11 is 1.42. The monoisotopic (exact) mass is 383 g/mol. The van der Waals surface area contributed by atoms with Crippen LogP contribution in [0.15, 0.2) is 6.07 Å². The van der Waals surface area contributed by atoms with E-state index < -0.39 is 5.91 Å². The number of carbonyl (C=O) groups is 2. The highest BCUT2D eigenvalue weighted by atomic mass is 35.5. The summed E-state index contributed by atoms with van der Waals surface area (Å²) < 4.78 is 1.76. The van der Waals surface area contributed by atoms with Crippen molar-refractivity contribution in [3.63, 3.8) is 0 Å². The predicted octanol–water partition coefficient (Wildman–Crippen LogP) is 2.03. The van der Waals surface area contributed by atoms with Crippen LogP contribution >= 0.6 is 23.7 Å². The van der Waals surface area contributed by atoms with E-state index in [2.05, 4.69) is 15.3 Å². The molecule has 3 N–H and O–H groups in total. The molecule has 0 fully saturated rings. The summed E-state index contributed by atoms with van der Waals surface area (Å²) in [5.74, 6) is -0.817. The number of rotatable bonds is 4. The van der Waals surface area contributed by atoms with E-state index in [1.54, 1.807) is 10.7 Å². The average Bonchev–Trinajstić information content (AvgIpc) is 3.06. The first-order valence-electron chi connectivity index (χ1n) is 7.89. The van der Waals surface area contributed by atoms with Gasteiger partial charge in [-0.3, -0.25) is 14.3 Å². The largest absolute Gasteiger partial charge is 0.365 e. The molecule has 7 nitrogen and oxygen atoms in total. The molecule has 0 bridgehead atoms. The molecule has 0 aliphatic carbocycles. The fourth-order valence-corrected chi connectivity index (χ4v) is 4.32. The van der Waals surface area contributed by atoms with E-state index in [-0.39, 0.29) is 18.3 Å². The lowest BCUT2D eigenvalue weighted by molar-refractivity contribution is 0.1000. The van der Waals surface area contributed by atoms with Crippen LogP contribution in [0.2, 0.25) is 0 Å². The summed E-state index contributed by atoms with van der Waals surface area (Å²) in [6.07, 6.45) is 0.764. The summed E-state index contributed by atoms with van der Waals surface area (Å²) in [6, 6.07) is 1.74. The molecule has 0 saturated carbocycles. The topological polar surface area (TPSA) is 93.2 Å². The fraction of sp³-hybridized carbons (Fsp3) is 0.438. The Morgan fingerprint density at radius 2 is 2.16 bits per heavy atom. The Balaban J connectivity index is 0.00000225. The van der Waals surface area contributed by atoms with Gasteiger partial charge in [-0.2, -0.15) is 5.10 Å². The van der Waals surface area contributed by atoms with Gasteiger partial charge in [0.2, 0.25) is 0 Å². The average molecular weight is 384 g/mol. The van der Waals surface area contributed by atoms with Gasteiger partial charge in [-0.25, -0.2) is 0 Å². The minimum atomic E-state index is -0.498. The molecule has 9 heteroatoms. The summed E-state index contributed by atoms with van der Waals surface area (Å²) in [7, 11) is 2.03. The van der Waals surface area contributed by atoms with Crippen molar-refractivity contribution in [1.82, 2.24) is 14.7 Å². The predicted molar refractivity (Wildman–Crippen MR) is 101 cm³/mol. The Morgan fingerprint density at radius 3 is 2.76 bits per heavy atom. The molecule has 0 atom stereocenters. The van der Waals surface area contributed by atoms with Crippen molar-refractivity contribution < 1.29 is 9.59 Å². The molecule has 0 radical (unpaired) electrons. The summed E-state index contributed by atoms with van der Waals surface area (Å²) in [5.41, 5.74) is 8.24. The molecular formula is C16H22ClN5O2S. The second kappa shape index (κ2) is 7.55. The third-order valence-corrected chi connectivity index (χ3v) is 5.37. The van der Waals surface area contributed by atoms with Crippen molar-refractivity contribution in [3.05, 3.63) is 33.5 Å². The van der Waals surface area contributed by atoms with Gasteiger partial charge in [0.25, 0.3) is 11.8 Å². The Kier molecular flexibility index (Phi) is 5.87. The van der Waals surface area contributed by atoms with Crippen LogP contribution in [-0.4, -0.2) is 40.1 Å². The van der Waals surface area contributed by atoms with E-state index in [1.807, 2.05) is 20.9 Å². The molecule has 3 rings (SSSR count). The molecule has 2 amide bonds. The van der Waals surface area contributed by atoms with Gasteiger partial charge in [0.1, 0.15) is 5.00 Å². The highest BCUT2D eigenvalue weighted by Crippen LogP contribution is 2.36. The van der Waals surface area contributed by atoms with Gasteiger partial charge >= 0.3 is 0 Å². The maximum Gasteiger partial charge on any atom is 0.276 e. The van der Waals surface area contributed by atoms with Crippen LogP contribution < -0.4 is 11.1 Å². The van der Waals surface area contributed by atoms with Gasteiger partial charge in [-0.15, -0.1) is 23.7 Å². The maximum absolute atomic E-state index is 12.5. The van der Waals surface area contributed by atoms with Crippen molar-refractivity contribution in [2.24, 2.45) is 5.73 Å². The molecule has 1 aliphatic heterocycles. The van der Waals surface area contributed by atoms with Crippen LogP contribution in [0.1, 0.15) is 43.9 Å². The highest BCUT2D eigenvalue weighted by Gasteiger charge is 2.27. The molecule has 0 spiro atoms. The summed E-state index contributed by atoms with van der Waals surface area (Å²) in [5, 5.41) is 7.63. The van der Waals surface area contributed by atoms with E-state index in [0.29, 0.717) is 22.8 Å². The van der Waals surface area contributed by atoms with Crippen LogP contribution in [0.25, 0.3) is 0 Å². The number of primary amides is 1. The number of nitrogens with two attached hydrogens (primary N) is 1. The van der Waals surface area contributed by atoms with Gasteiger partial charge in [-0.05, 0) is 38.9 Å². The molecule has 3 heterocycles. The number of likely N-dealkylation sites (N-methyl/N-ethyl adjacent to an activating group) is 1. The second-order valence-corrected chi connectivity index (χ2v) is 7.11. The van der Waals surface area contributed by atoms with Crippen LogP contribution in [0, 0.1) is 6.92 Å². The number of thiophene rings is 1. The van der Waals surface area contributed by atoms with Crippen LogP contribution in [0.4, 0.5) is 5.00 Å². The zero-order chi connectivity index (χ0) is 17.4. The summed E-state index contributed by atoms with van der Waals surface area (Å²) in [4.78, 5) is 27.7. The molecule has 0 unspecified atom stereocenters. The lowest BCUT2D eigenvalue weighted by atomic mass is 10.0. The number of nitrogens with one attached hydrogen (secondary N) is 1. The SMILES string of the molecule is CCn1nc(C(=O)Nc2sc3c(c2C(N)=O)CCN(C)C3)cc1C.Cl. The third kappa shape index (κ3) is 3.70. The first kappa shape index (κ1) is 19.4.